The molecule has 1 aromatic carbocycles. The van der Waals surface area contributed by atoms with Crippen LogP contribution in [0.4, 0.5) is 0 Å². The smallest absolute Gasteiger partial charge is 0.0209 e. The van der Waals surface area contributed by atoms with Crippen LogP contribution in [-0.2, 0) is 6.42 Å². The molecule has 1 heterocycles. The highest BCUT2D eigenvalue weighted by Gasteiger charge is 2.22. The number of likely N-dealkylation sites (tertiary alicyclic amines) is 1. The van der Waals surface area contributed by atoms with E-state index in [9.17, 15) is 0 Å². The van der Waals surface area contributed by atoms with Gasteiger partial charge in [0.05, 0.1) is 0 Å². The lowest BCUT2D eigenvalue weighted by Crippen LogP contribution is -2.39. The third kappa shape index (κ3) is 5.47. The Balaban J connectivity index is 1.65. The predicted octanol–water partition coefficient (Wildman–Crippen LogP) is 3.03. The van der Waals surface area contributed by atoms with Crippen molar-refractivity contribution in [3.8, 4) is 0 Å². The first-order valence-electron chi connectivity index (χ1n) is 7.79. The molecular formula is C17H28N2S. The lowest BCUT2D eigenvalue weighted by atomic mass is 10.1. The summed E-state index contributed by atoms with van der Waals surface area (Å²) in [5.74, 6) is 1.26. The van der Waals surface area contributed by atoms with Gasteiger partial charge in [-0.2, -0.15) is 11.8 Å². The van der Waals surface area contributed by atoms with E-state index in [1.807, 2.05) is 11.8 Å². The van der Waals surface area contributed by atoms with Crippen LogP contribution >= 0.6 is 11.8 Å². The van der Waals surface area contributed by atoms with Gasteiger partial charge >= 0.3 is 0 Å². The molecule has 1 aromatic rings. The second kappa shape index (κ2) is 8.71. The molecule has 2 atom stereocenters. The molecule has 0 aliphatic carbocycles. The second-order valence-electron chi connectivity index (χ2n) is 5.87. The van der Waals surface area contributed by atoms with Gasteiger partial charge in [-0.15, -0.1) is 0 Å². The quantitative estimate of drug-likeness (QED) is 0.793. The van der Waals surface area contributed by atoms with Crippen molar-refractivity contribution < 1.29 is 0 Å². The number of benzene rings is 1. The summed E-state index contributed by atoms with van der Waals surface area (Å²) in [6.07, 6.45) is 5.95. The van der Waals surface area contributed by atoms with Crippen molar-refractivity contribution in [2.24, 2.45) is 0 Å². The van der Waals surface area contributed by atoms with E-state index in [1.165, 1.54) is 50.2 Å². The van der Waals surface area contributed by atoms with Crippen molar-refractivity contribution in [3.05, 3.63) is 35.9 Å². The molecule has 1 fully saturated rings. The highest BCUT2D eigenvalue weighted by Crippen LogP contribution is 2.12. The van der Waals surface area contributed by atoms with Gasteiger partial charge in [0.25, 0.3) is 0 Å². The Labute approximate surface area is 128 Å². The Morgan fingerprint density at radius 3 is 2.90 bits per heavy atom. The Kier molecular flexibility index (Phi) is 6.91. The zero-order valence-corrected chi connectivity index (χ0v) is 13.7. The molecule has 0 saturated carbocycles. The molecular weight excluding hydrogens is 264 g/mol. The molecule has 0 bridgehead atoms. The Bertz CT molecular complexity index is 369. The van der Waals surface area contributed by atoms with Gasteiger partial charge in [-0.05, 0) is 50.3 Å². The van der Waals surface area contributed by atoms with Crippen LogP contribution in [0.3, 0.4) is 0 Å². The summed E-state index contributed by atoms with van der Waals surface area (Å²) >= 11 is 1.94. The number of rotatable bonds is 8. The van der Waals surface area contributed by atoms with Gasteiger partial charge in [-0.25, -0.2) is 0 Å². The van der Waals surface area contributed by atoms with Crippen molar-refractivity contribution in [1.29, 1.82) is 0 Å². The lowest BCUT2D eigenvalue weighted by molar-refractivity contribution is 0.326. The SMILES string of the molecule is CSCCC(C)NC1CCN(CCc2ccccc2)C1. The predicted molar refractivity (Wildman–Crippen MR) is 90.6 cm³/mol. The van der Waals surface area contributed by atoms with Crippen LogP contribution in [0.1, 0.15) is 25.3 Å². The number of hydrogen-bond donors (Lipinski definition) is 1. The first-order valence-corrected chi connectivity index (χ1v) is 9.18. The number of thioether (sulfide) groups is 1. The fourth-order valence-corrected chi connectivity index (χ4v) is 3.47. The molecule has 3 heteroatoms. The van der Waals surface area contributed by atoms with Gasteiger partial charge in [0.15, 0.2) is 0 Å². The number of nitrogens with one attached hydrogen (secondary N) is 1. The largest absolute Gasteiger partial charge is 0.310 e. The van der Waals surface area contributed by atoms with E-state index in [4.69, 9.17) is 0 Å². The fourth-order valence-electron chi connectivity index (χ4n) is 2.88. The molecule has 1 N–H and O–H groups in total. The fraction of sp³-hybridized carbons (Fsp3) is 0.647. The molecule has 2 nitrogen and oxygen atoms in total. The first-order chi connectivity index (χ1) is 9.78. The van der Waals surface area contributed by atoms with Crippen LogP contribution in [0.25, 0.3) is 0 Å². The van der Waals surface area contributed by atoms with E-state index >= 15 is 0 Å². The molecule has 1 aliphatic rings. The van der Waals surface area contributed by atoms with Gasteiger partial charge in [0.1, 0.15) is 0 Å². The highest BCUT2D eigenvalue weighted by atomic mass is 32.2. The van der Waals surface area contributed by atoms with Crippen molar-refractivity contribution in [2.45, 2.75) is 38.3 Å². The molecule has 112 valence electrons. The van der Waals surface area contributed by atoms with Gasteiger partial charge < -0.3 is 10.2 Å². The zero-order valence-electron chi connectivity index (χ0n) is 12.8. The van der Waals surface area contributed by atoms with Crippen LogP contribution in [0.15, 0.2) is 30.3 Å². The molecule has 1 aliphatic heterocycles. The standard InChI is InChI=1S/C17H28N2S/c1-15(10-13-20-2)18-17-9-12-19(14-17)11-8-16-6-4-3-5-7-16/h3-7,15,17-18H,8-14H2,1-2H3. The second-order valence-corrected chi connectivity index (χ2v) is 6.86. The van der Waals surface area contributed by atoms with Gasteiger partial charge in [0, 0.05) is 25.2 Å². The maximum absolute atomic E-state index is 3.79. The summed E-state index contributed by atoms with van der Waals surface area (Å²) in [4.78, 5) is 2.60. The summed E-state index contributed by atoms with van der Waals surface area (Å²) in [5.41, 5.74) is 1.46. The first kappa shape index (κ1) is 15.9. The lowest BCUT2D eigenvalue weighted by Gasteiger charge is -2.20. The van der Waals surface area contributed by atoms with Crippen molar-refractivity contribution >= 4 is 11.8 Å². The number of nitrogens with zero attached hydrogens (tertiary/aromatic N) is 1. The third-order valence-electron chi connectivity index (χ3n) is 4.11. The molecule has 0 aromatic heterocycles. The minimum atomic E-state index is 0.654. The van der Waals surface area contributed by atoms with Gasteiger partial charge in [-0.3, -0.25) is 0 Å². The number of hydrogen-bond acceptors (Lipinski definition) is 3. The molecule has 2 rings (SSSR count). The van der Waals surface area contributed by atoms with Crippen LogP contribution in [0.5, 0.6) is 0 Å². The average molecular weight is 292 g/mol. The summed E-state index contributed by atoms with van der Waals surface area (Å²) in [5, 5.41) is 3.79. The summed E-state index contributed by atoms with van der Waals surface area (Å²) < 4.78 is 0. The third-order valence-corrected chi connectivity index (χ3v) is 4.75. The monoisotopic (exact) mass is 292 g/mol. The van der Waals surface area contributed by atoms with Gasteiger partial charge in [-0.1, -0.05) is 30.3 Å². The zero-order chi connectivity index (χ0) is 14.2. The molecule has 0 spiro atoms. The van der Waals surface area contributed by atoms with Crippen molar-refractivity contribution in [2.75, 3.05) is 31.6 Å². The topological polar surface area (TPSA) is 15.3 Å². The normalized spacial score (nSPS) is 21.2. The summed E-state index contributed by atoms with van der Waals surface area (Å²) in [6, 6.07) is 12.2. The van der Waals surface area contributed by atoms with Crippen LogP contribution < -0.4 is 5.32 Å². The van der Waals surface area contributed by atoms with Crippen molar-refractivity contribution in [1.82, 2.24) is 10.2 Å². The van der Waals surface area contributed by atoms with E-state index < -0.39 is 0 Å². The minimum absolute atomic E-state index is 0.654. The molecule has 0 amide bonds. The summed E-state index contributed by atoms with van der Waals surface area (Å²) in [6.45, 7) is 5.99. The van der Waals surface area contributed by atoms with E-state index in [0.717, 1.165) is 0 Å². The minimum Gasteiger partial charge on any atom is -0.310 e. The van der Waals surface area contributed by atoms with Crippen molar-refractivity contribution in [3.63, 3.8) is 0 Å². The van der Waals surface area contributed by atoms with E-state index in [2.05, 4.69) is 53.7 Å². The highest BCUT2D eigenvalue weighted by molar-refractivity contribution is 7.98. The maximum atomic E-state index is 3.79. The van der Waals surface area contributed by atoms with Crippen LogP contribution in [-0.4, -0.2) is 48.6 Å². The molecule has 1 saturated heterocycles. The molecule has 2 unspecified atom stereocenters. The Morgan fingerprint density at radius 2 is 2.15 bits per heavy atom. The molecule has 20 heavy (non-hydrogen) atoms. The maximum Gasteiger partial charge on any atom is 0.0209 e. The Morgan fingerprint density at radius 1 is 1.35 bits per heavy atom. The Hall–Kier alpha value is -0.510. The van der Waals surface area contributed by atoms with Gasteiger partial charge in [0.2, 0.25) is 0 Å². The average Bonchev–Trinajstić information content (AvgIpc) is 2.91. The van der Waals surface area contributed by atoms with Crippen LogP contribution in [0, 0.1) is 0 Å². The van der Waals surface area contributed by atoms with Crippen LogP contribution in [0.2, 0.25) is 0 Å². The van der Waals surface area contributed by atoms with E-state index in [0.29, 0.717) is 12.1 Å². The van der Waals surface area contributed by atoms with E-state index in [-0.39, 0.29) is 0 Å². The summed E-state index contributed by atoms with van der Waals surface area (Å²) in [7, 11) is 0. The van der Waals surface area contributed by atoms with E-state index in [1.54, 1.807) is 0 Å². The molecule has 0 radical (unpaired) electrons.